The van der Waals surface area contributed by atoms with Crippen LogP contribution in [0.25, 0.3) is 0 Å². The van der Waals surface area contributed by atoms with Crippen molar-refractivity contribution in [2.75, 3.05) is 0 Å². The molecule has 0 amide bonds. The van der Waals surface area contributed by atoms with Crippen molar-refractivity contribution < 1.29 is 18.7 Å². The van der Waals surface area contributed by atoms with E-state index in [9.17, 15) is 13.6 Å². The van der Waals surface area contributed by atoms with Gasteiger partial charge in [-0.05, 0) is 24.5 Å². The smallest absolute Gasteiger partial charge is 0.306 e. The maximum atomic E-state index is 13.7. The van der Waals surface area contributed by atoms with Gasteiger partial charge in [-0.15, -0.1) is 0 Å². The summed E-state index contributed by atoms with van der Waals surface area (Å²) in [6.07, 6.45) is 0.335. The van der Waals surface area contributed by atoms with Gasteiger partial charge in [-0.2, -0.15) is 0 Å². The van der Waals surface area contributed by atoms with Gasteiger partial charge in [0.15, 0.2) is 0 Å². The Kier molecular flexibility index (Phi) is 3.99. The van der Waals surface area contributed by atoms with Crippen LogP contribution in [0.15, 0.2) is 12.1 Å². The fraction of sp³-hybridized carbons (Fsp3) is 0.417. The molecule has 0 heterocycles. The van der Waals surface area contributed by atoms with Gasteiger partial charge in [-0.25, -0.2) is 8.78 Å². The summed E-state index contributed by atoms with van der Waals surface area (Å²) in [6, 6.07) is 2.57. The highest BCUT2D eigenvalue weighted by molar-refractivity contribution is 5.69. The zero-order valence-corrected chi connectivity index (χ0v) is 9.26. The molecule has 2 nitrogen and oxygen atoms in total. The summed E-state index contributed by atoms with van der Waals surface area (Å²) in [5.41, 5.74) is 0.281. The highest BCUT2D eigenvalue weighted by Gasteiger charge is 2.19. The Morgan fingerprint density at radius 2 is 2.06 bits per heavy atom. The van der Waals surface area contributed by atoms with Crippen molar-refractivity contribution in [1.29, 1.82) is 0 Å². The predicted octanol–water partition coefficient (Wildman–Crippen LogP) is 2.79. The summed E-state index contributed by atoms with van der Waals surface area (Å²) >= 11 is 0. The average molecular weight is 228 g/mol. The summed E-state index contributed by atoms with van der Waals surface area (Å²) in [5.74, 6) is -3.14. The average Bonchev–Trinajstić information content (AvgIpc) is 2.24. The largest absolute Gasteiger partial charge is 0.481 e. The van der Waals surface area contributed by atoms with Gasteiger partial charge >= 0.3 is 5.97 Å². The van der Waals surface area contributed by atoms with Gasteiger partial charge in [0, 0.05) is 5.56 Å². The Hall–Kier alpha value is -1.45. The van der Waals surface area contributed by atoms with E-state index in [4.69, 9.17) is 5.11 Å². The fourth-order valence-electron chi connectivity index (χ4n) is 1.50. The van der Waals surface area contributed by atoms with E-state index >= 15 is 0 Å². The van der Waals surface area contributed by atoms with Crippen molar-refractivity contribution >= 4 is 5.97 Å². The molecule has 1 aromatic carbocycles. The first-order valence-corrected chi connectivity index (χ1v) is 5.15. The van der Waals surface area contributed by atoms with Crippen molar-refractivity contribution in [1.82, 2.24) is 0 Å². The number of carboxylic acids is 1. The molecule has 0 aliphatic heterocycles. The molecule has 0 aliphatic rings. The minimum Gasteiger partial charge on any atom is -0.481 e. The minimum absolute atomic E-state index is 0.124. The first-order chi connectivity index (χ1) is 7.47. The molecular formula is C12H14F2O2. The number of aryl methyl sites for hydroxylation is 1. The van der Waals surface area contributed by atoms with E-state index in [2.05, 4.69) is 0 Å². The highest BCUT2D eigenvalue weighted by atomic mass is 19.1. The molecule has 0 bridgehead atoms. The zero-order chi connectivity index (χ0) is 12.3. The first kappa shape index (κ1) is 12.6. The van der Waals surface area contributed by atoms with Gasteiger partial charge in [0.05, 0.1) is 5.92 Å². The number of hydrogen-bond acceptors (Lipinski definition) is 1. The monoisotopic (exact) mass is 228 g/mol. The van der Waals surface area contributed by atoms with Gasteiger partial charge < -0.3 is 5.11 Å². The molecule has 1 unspecified atom stereocenters. The SMILES string of the molecule is CCc1ccc(F)c(CC(C)C(=O)O)c1F. The van der Waals surface area contributed by atoms with E-state index in [1.807, 2.05) is 0 Å². The molecule has 1 atom stereocenters. The fourth-order valence-corrected chi connectivity index (χ4v) is 1.50. The van der Waals surface area contributed by atoms with Crippen LogP contribution in [-0.4, -0.2) is 11.1 Å². The molecule has 1 N–H and O–H groups in total. The maximum absolute atomic E-state index is 13.7. The molecule has 0 fully saturated rings. The van der Waals surface area contributed by atoms with Crippen LogP contribution in [0, 0.1) is 17.6 Å². The number of benzene rings is 1. The van der Waals surface area contributed by atoms with Crippen LogP contribution in [0.4, 0.5) is 8.78 Å². The van der Waals surface area contributed by atoms with Crippen LogP contribution in [0.2, 0.25) is 0 Å². The summed E-state index contributed by atoms with van der Waals surface area (Å²) in [4.78, 5) is 10.6. The Morgan fingerprint density at radius 3 is 2.56 bits per heavy atom. The Balaban J connectivity index is 3.07. The first-order valence-electron chi connectivity index (χ1n) is 5.15. The number of rotatable bonds is 4. The molecule has 88 valence electrons. The van der Waals surface area contributed by atoms with Gasteiger partial charge in [-0.1, -0.05) is 19.9 Å². The molecule has 0 saturated heterocycles. The summed E-state index contributed by atoms with van der Waals surface area (Å²) in [5, 5.41) is 8.71. The molecule has 0 spiro atoms. The van der Waals surface area contributed by atoms with Gasteiger partial charge in [0.1, 0.15) is 11.6 Å². The number of carboxylic acid groups (broad SMARTS) is 1. The van der Waals surface area contributed by atoms with E-state index in [-0.39, 0.29) is 12.0 Å². The van der Waals surface area contributed by atoms with Crippen LogP contribution < -0.4 is 0 Å². The summed E-state index contributed by atoms with van der Waals surface area (Å²) < 4.78 is 27.1. The second kappa shape index (κ2) is 5.05. The molecule has 1 rings (SSSR count). The Bertz CT molecular complexity index is 402. The molecule has 0 radical (unpaired) electrons. The number of aliphatic carboxylic acids is 1. The van der Waals surface area contributed by atoms with Crippen molar-refractivity contribution in [2.45, 2.75) is 26.7 Å². The van der Waals surface area contributed by atoms with E-state index in [0.29, 0.717) is 12.0 Å². The number of hydrogen-bond donors (Lipinski definition) is 1. The van der Waals surface area contributed by atoms with E-state index in [0.717, 1.165) is 0 Å². The number of carbonyl (C=O) groups is 1. The van der Waals surface area contributed by atoms with Crippen LogP contribution in [0.5, 0.6) is 0 Å². The van der Waals surface area contributed by atoms with Gasteiger partial charge in [0.25, 0.3) is 0 Å². The standard InChI is InChI=1S/C12H14F2O2/c1-3-8-4-5-10(13)9(11(8)14)6-7(2)12(15)16/h4-5,7H,3,6H2,1-2H3,(H,15,16). The van der Waals surface area contributed by atoms with Crippen LogP contribution in [-0.2, 0) is 17.6 Å². The van der Waals surface area contributed by atoms with E-state index in [1.54, 1.807) is 6.92 Å². The third-order valence-corrected chi connectivity index (χ3v) is 2.58. The molecule has 16 heavy (non-hydrogen) atoms. The minimum atomic E-state index is -1.05. The summed E-state index contributed by atoms with van der Waals surface area (Å²) in [6.45, 7) is 3.19. The molecule has 0 saturated carbocycles. The second-order valence-electron chi connectivity index (χ2n) is 3.80. The van der Waals surface area contributed by atoms with Crippen molar-refractivity contribution in [3.63, 3.8) is 0 Å². The highest BCUT2D eigenvalue weighted by Crippen LogP contribution is 2.20. The van der Waals surface area contributed by atoms with Crippen molar-refractivity contribution in [3.05, 3.63) is 34.9 Å². The predicted molar refractivity (Wildman–Crippen MR) is 56.2 cm³/mol. The zero-order valence-electron chi connectivity index (χ0n) is 9.26. The van der Waals surface area contributed by atoms with Crippen molar-refractivity contribution in [3.8, 4) is 0 Å². The third kappa shape index (κ3) is 2.56. The van der Waals surface area contributed by atoms with Gasteiger partial charge in [0.2, 0.25) is 0 Å². The third-order valence-electron chi connectivity index (χ3n) is 2.58. The lowest BCUT2D eigenvalue weighted by Crippen LogP contribution is -2.14. The van der Waals surface area contributed by atoms with Gasteiger partial charge in [-0.3, -0.25) is 4.79 Å². The normalized spacial score (nSPS) is 12.5. The van der Waals surface area contributed by atoms with Crippen LogP contribution >= 0.6 is 0 Å². The van der Waals surface area contributed by atoms with E-state index < -0.39 is 23.5 Å². The Labute approximate surface area is 92.9 Å². The molecule has 4 heteroatoms. The lowest BCUT2D eigenvalue weighted by Gasteiger charge is -2.10. The topological polar surface area (TPSA) is 37.3 Å². The van der Waals surface area contributed by atoms with E-state index in [1.165, 1.54) is 19.1 Å². The second-order valence-corrected chi connectivity index (χ2v) is 3.80. The maximum Gasteiger partial charge on any atom is 0.306 e. The molecular weight excluding hydrogens is 214 g/mol. The quantitative estimate of drug-likeness (QED) is 0.860. The van der Waals surface area contributed by atoms with Crippen LogP contribution in [0.1, 0.15) is 25.0 Å². The lowest BCUT2D eigenvalue weighted by atomic mass is 9.97. The lowest BCUT2D eigenvalue weighted by molar-refractivity contribution is -0.141. The molecule has 0 aromatic heterocycles. The van der Waals surface area contributed by atoms with Crippen molar-refractivity contribution in [2.24, 2.45) is 5.92 Å². The molecule has 1 aromatic rings. The number of halogens is 2. The summed E-state index contributed by atoms with van der Waals surface area (Å²) in [7, 11) is 0. The molecule has 0 aliphatic carbocycles. The Morgan fingerprint density at radius 1 is 1.44 bits per heavy atom. The van der Waals surface area contributed by atoms with Crippen LogP contribution in [0.3, 0.4) is 0 Å².